The standard InChI is InChI=1S/C23H19FN4O2S.C3H8/c24-22-13-20(7-8-21(22)17-9-11-31-12-10-17)28-15-19(25-26-28)14-27(16-29)23(30)18-5-3-1-2-4-6-18;1-3-2/h3,5-9,13,15-16H,4,10-12,14H2;3H2,1-2H3. The van der Waals surface area contributed by atoms with Crippen molar-refractivity contribution in [3.63, 3.8) is 0 Å². The number of halogens is 1. The van der Waals surface area contributed by atoms with Crippen molar-refractivity contribution in [2.75, 3.05) is 11.5 Å². The minimum Gasteiger partial charge on any atom is -0.278 e. The van der Waals surface area contributed by atoms with Crippen LogP contribution >= 0.6 is 11.8 Å². The molecule has 0 bridgehead atoms. The Morgan fingerprint density at radius 3 is 2.85 bits per heavy atom. The average molecular weight is 479 g/mol. The number of benzene rings is 1. The topological polar surface area (TPSA) is 68.1 Å². The number of carbonyl (C=O) groups is 2. The van der Waals surface area contributed by atoms with E-state index in [0.717, 1.165) is 28.4 Å². The van der Waals surface area contributed by atoms with E-state index in [9.17, 15) is 14.0 Å². The molecule has 8 heteroatoms. The molecule has 2 amide bonds. The third-order valence-corrected chi connectivity index (χ3v) is 5.80. The van der Waals surface area contributed by atoms with Gasteiger partial charge in [0.2, 0.25) is 6.41 Å². The maximum atomic E-state index is 14.7. The molecule has 0 N–H and O–H groups in total. The summed E-state index contributed by atoms with van der Waals surface area (Å²) in [5.74, 6) is 6.77. The number of hydrogen-bond donors (Lipinski definition) is 0. The molecule has 4 rings (SSSR count). The summed E-state index contributed by atoms with van der Waals surface area (Å²) in [6.07, 6.45) is 11.5. The molecule has 0 saturated carbocycles. The zero-order chi connectivity index (χ0) is 24.3. The van der Waals surface area contributed by atoms with Crippen LogP contribution in [0.5, 0.6) is 0 Å². The second-order valence-electron chi connectivity index (χ2n) is 7.64. The number of nitrogens with zero attached hydrogens (tertiary/aromatic N) is 4. The van der Waals surface area contributed by atoms with Crippen molar-refractivity contribution in [2.45, 2.75) is 39.7 Å². The predicted octanol–water partition coefficient (Wildman–Crippen LogP) is 4.72. The van der Waals surface area contributed by atoms with E-state index < -0.39 is 5.91 Å². The zero-order valence-electron chi connectivity index (χ0n) is 19.3. The highest BCUT2D eigenvalue weighted by molar-refractivity contribution is 7.99. The molecule has 1 aromatic heterocycles. The number of hydrogen-bond acceptors (Lipinski definition) is 5. The average Bonchev–Trinajstić information content (AvgIpc) is 3.15. The largest absolute Gasteiger partial charge is 0.278 e. The van der Waals surface area contributed by atoms with Gasteiger partial charge in [-0.3, -0.25) is 14.5 Å². The fourth-order valence-corrected chi connectivity index (χ4v) is 4.16. The molecule has 0 spiro atoms. The van der Waals surface area contributed by atoms with Gasteiger partial charge in [-0.1, -0.05) is 49.5 Å². The van der Waals surface area contributed by atoms with Gasteiger partial charge in [0.05, 0.1) is 18.4 Å². The molecule has 176 valence electrons. The second-order valence-corrected chi connectivity index (χ2v) is 8.79. The summed E-state index contributed by atoms with van der Waals surface area (Å²) in [6, 6.07) is 4.95. The number of carbonyl (C=O) groups excluding carboxylic acids is 2. The maximum Gasteiger partial charge on any atom is 0.260 e. The highest BCUT2D eigenvalue weighted by atomic mass is 32.2. The first-order valence-electron chi connectivity index (χ1n) is 11.2. The lowest BCUT2D eigenvalue weighted by molar-refractivity contribution is -0.135. The van der Waals surface area contributed by atoms with E-state index in [4.69, 9.17) is 0 Å². The minimum absolute atomic E-state index is 0.0422. The molecular formula is C26H27FN4O2S. The van der Waals surface area contributed by atoms with Gasteiger partial charge in [-0.15, -0.1) is 5.10 Å². The Morgan fingerprint density at radius 1 is 1.32 bits per heavy atom. The number of amides is 2. The molecule has 0 atom stereocenters. The Bertz CT molecular complexity index is 1190. The van der Waals surface area contributed by atoms with Gasteiger partial charge in [0.1, 0.15) is 11.5 Å². The number of imide groups is 1. The van der Waals surface area contributed by atoms with Gasteiger partial charge < -0.3 is 0 Å². The van der Waals surface area contributed by atoms with Crippen molar-refractivity contribution in [2.24, 2.45) is 0 Å². The molecule has 6 nitrogen and oxygen atoms in total. The minimum atomic E-state index is -0.444. The quantitative estimate of drug-likeness (QED) is 0.444. The highest BCUT2D eigenvalue weighted by Crippen LogP contribution is 2.28. The SMILES string of the molecule is CCC.O=CN(Cc1cn(-c2ccc(C3=CCSCC3)c(F)c2)nn1)C(=O)C1=CCC#CC=C1. The summed E-state index contributed by atoms with van der Waals surface area (Å²) < 4.78 is 16.1. The van der Waals surface area contributed by atoms with E-state index >= 15 is 0 Å². The monoisotopic (exact) mass is 478 g/mol. The van der Waals surface area contributed by atoms with Crippen LogP contribution in [0.4, 0.5) is 4.39 Å². The van der Waals surface area contributed by atoms with Crippen LogP contribution in [0.25, 0.3) is 11.3 Å². The molecule has 1 aliphatic heterocycles. The molecular weight excluding hydrogens is 451 g/mol. The van der Waals surface area contributed by atoms with Crippen LogP contribution < -0.4 is 0 Å². The lowest BCUT2D eigenvalue weighted by Crippen LogP contribution is -2.30. The first kappa shape index (κ1) is 25.2. The smallest absolute Gasteiger partial charge is 0.260 e. The van der Waals surface area contributed by atoms with Crippen molar-refractivity contribution >= 4 is 29.7 Å². The van der Waals surface area contributed by atoms with E-state index in [2.05, 4.69) is 42.1 Å². The van der Waals surface area contributed by atoms with Crippen LogP contribution in [-0.4, -0.2) is 43.7 Å². The third kappa shape index (κ3) is 6.55. The fourth-order valence-electron chi connectivity index (χ4n) is 3.31. The number of thioether (sulfide) groups is 1. The highest BCUT2D eigenvalue weighted by Gasteiger charge is 2.19. The Labute approximate surface area is 203 Å². The lowest BCUT2D eigenvalue weighted by Gasteiger charge is -2.14. The molecule has 2 heterocycles. The van der Waals surface area contributed by atoms with E-state index in [-0.39, 0.29) is 12.4 Å². The summed E-state index contributed by atoms with van der Waals surface area (Å²) in [4.78, 5) is 25.1. The summed E-state index contributed by atoms with van der Waals surface area (Å²) in [5.41, 5.74) is 2.93. The molecule has 34 heavy (non-hydrogen) atoms. The molecule has 1 aromatic carbocycles. The van der Waals surface area contributed by atoms with E-state index in [0.29, 0.717) is 35.3 Å². The Kier molecular flexibility index (Phi) is 9.41. The molecule has 0 saturated heterocycles. The van der Waals surface area contributed by atoms with E-state index in [1.54, 1.807) is 36.6 Å². The van der Waals surface area contributed by atoms with Crippen molar-refractivity contribution in [1.82, 2.24) is 19.9 Å². The summed E-state index contributed by atoms with van der Waals surface area (Å²) >= 11 is 1.83. The van der Waals surface area contributed by atoms with Gasteiger partial charge in [-0.05, 0) is 42.0 Å². The second kappa shape index (κ2) is 12.7. The van der Waals surface area contributed by atoms with Crippen LogP contribution in [0.3, 0.4) is 0 Å². The van der Waals surface area contributed by atoms with Gasteiger partial charge in [-0.25, -0.2) is 9.07 Å². The number of allylic oxidation sites excluding steroid dienone is 3. The van der Waals surface area contributed by atoms with Gasteiger partial charge >= 0.3 is 0 Å². The van der Waals surface area contributed by atoms with Gasteiger partial charge in [-0.2, -0.15) is 11.8 Å². The Hall–Kier alpha value is -3.44. The molecule has 0 radical (unpaired) electrons. The van der Waals surface area contributed by atoms with Crippen LogP contribution in [-0.2, 0) is 16.1 Å². The summed E-state index contributed by atoms with van der Waals surface area (Å²) in [7, 11) is 0. The van der Waals surface area contributed by atoms with Gasteiger partial charge in [0, 0.05) is 29.4 Å². The van der Waals surface area contributed by atoms with Crippen molar-refractivity contribution in [3.8, 4) is 17.5 Å². The third-order valence-electron chi connectivity index (χ3n) is 4.91. The lowest BCUT2D eigenvalue weighted by atomic mass is 10.0. The van der Waals surface area contributed by atoms with Crippen LogP contribution in [0.1, 0.15) is 44.4 Å². The first-order chi connectivity index (χ1) is 16.6. The Morgan fingerprint density at radius 2 is 2.15 bits per heavy atom. The zero-order valence-corrected chi connectivity index (χ0v) is 20.1. The predicted molar refractivity (Wildman–Crippen MR) is 133 cm³/mol. The van der Waals surface area contributed by atoms with Crippen LogP contribution in [0.2, 0.25) is 0 Å². The Balaban J connectivity index is 0.00000103. The maximum absolute atomic E-state index is 14.7. The first-order valence-corrected chi connectivity index (χ1v) is 12.3. The summed E-state index contributed by atoms with van der Waals surface area (Å²) in [6.45, 7) is 4.21. The molecule has 2 aromatic rings. The normalized spacial score (nSPS) is 14.4. The number of aromatic nitrogens is 3. The molecule has 0 fully saturated rings. The number of rotatable bonds is 6. The van der Waals surface area contributed by atoms with Crippen molar-refractivity contribution < 1.29 is 14.0 Å². The van der Waals surface area contributed by atoms with Crippen LogP contribution in [0, 0.1) is 17.7 Å². The van der Waals surface area contributed by atoms with Gasteiger partial charge in [0.15, 0.2) is 0 Å². The molecule has 0 unspecified atom stereocenters. The van der Waals surface area contributed by atoms with E-state index in [1.165, 1.54) is 17.2 Å². The summed E-state index contributed by atoms with van der Waals surface area (Å²) in [5, 5.41) is 8.05. The fraction of sp³-hybridized carbons (Fsp3) is 0.308. The van der Waals surface area contributed by atoms with Crippen molar-refractivity contribution in [1.29, 1.82) is 0 Å². The molecule has 2 aliphatic rings. The molecule has 1 aliphatic carbocycles. The van der Waals surface area contributed by atoms with Crippen molar-refractivity contribution in [3.05, 3.63) is 71.3 Å². The van der Waals surface area contributed by atoms with E-state index in [1.807, 2.05) is 11.8 Å². The van der Waals surface area contributed by atoms with Gasteiger partial charge in [0.25, 0.3) is 5.91 Å². The van der Waals surface area contributed by atoms with Crippen LogP contribution in [0.15, 0.2) is 54.3 Å².